The van der Waals surface area contributed by atoms with Crippen LogP contribution in [0.25, 0.3) is 0 Å². The van der Waals surface area contributed by atoms with Gasteiger partial charge in [0.2, 0.25) is 23.5 Å². The van der Waals surface area contributed by atoms with E-state index in [1.165, 1.54) is 4.90 Å². The summed E-state index contributed by atoms with van der Waals surface area (Å²) in [6, 6.07) is 18.8. The summed E-state index contributed by atoms with van der Waals surface area (Å²) in [4.78, 5) is 56.1. The molecule has 1 aliphatic carbocycles. The van der Waals surface area contributed by atoms with Crippen LogP contribution in [-0.2, 0) is 35.4 Å². The number of nitrogens with zero attached hydrogens (tertiary/aromatic N) is 2. The lowest BCUT2D eigenvalue weighted by atomic mass is 9.57. The molecule has 1 saturated carbocycles. The van der Waals surface area contributed by atoms with E-state index in [1.807, 2.05) is 74.5 Å². The molecule has 2 bridgehead atoms. The number of benzene rings is 2. The van der Waals surface area contributed by atoms with Crippen LogP contribution in [0.4, 0.5) is 5.69 Å². The molecule has 7 rings (SSSR count). The number of piperidine rings is 1. The van der Waals surface area contributed by atoms with Gasteiger partial charge in [0.1, 0.15) is 6.54 Å². The Hall–Kier alpha value is -3.27. The Labute approximate surface area is 247 Å². The number of carbonyl (C=O) groups is 3. The van der Waals surface area contributed by atoms with Gasteiger partial charge >= 0.3 is 0 Å². The van der Waals surface area contributed by atoms with E-state index in [1.54, 1.807) is 4.90 Å². The van der Waals surface area contributed by atoms with Gasteiger partial charge in [-0.05, 0) is 55.7 Å². The van der Waals surface area contributed by atoms with Crippen molar-refractivity contribution in [2.75, 3.05) is 18.0 Å². The molecule has 9 nitrogen and oxygen atoms in total. The molecule has 4 aliphatic heterocycles. The molecule has 0 aromatic heterocycles. The van der Waals surface area contributed by atoms with Gasteiger partial charge in [-0.3, -0.25) is 14.4 Å². The van der Waals surface area contributed by atoms with Crippen molar-refractivity contribution in [2.24, 2.45) is 23.7 Å². The van der Waals surface area contributed by atoms with E-state index in [-0.39, 0.29) is 55.0 Å². The lowest BCUT2D eigenvalue weighted by Crippen LogP contribution is -2.75. The Morgan fingerprint density at radius 1 is 0.976 bits per heavy atom. The van der Waals surface area contributed by atoms with Gasteiger partial charge < -0.3 is 19.9 Å². The first-order valence-electron chi connectivity index (χ1n) is 15.2. The number of ether oxygens (including phenoxy) is 1. The molecular weight excluding hydrogens is 534 g/mol. The number of amides is 3. The molecule has 2 aromatic carbocycles. The van der Waals surface area contributed by atoms with Gasteiger partial charge in [0.05, 0.1) is 0 Å². The van der Waals surface area contributed by atoms with E-state index in [0.717, 1.165) is 24.8 Å². The Bertz CT molecular complexity index is 1310. The summed E-state index contributed by atoms with van der Waals surface area (Å²) >= 11 is 0. The summed E-state index contributed by atoms with van der Waals surface area (Å²) in [6.45, 7) is 6.51. The van der Waals surface area contributed by atoms with E-state index >= 15 is 0 Å². The van der Waals surface area contributed by atoms with Crippen LogP contribution in [0.15, 0.2) is 60.7 Å². The minimum Gasteiger partial charge on any atom is -0.350 e. The maximum absolute atomic E-state index is 13.9. The molecule has 2 aromatic rings. The predicted molar refractivity (Wildman–Crippen MR) is 155 cm³/mol. The number of anilines is 1. The minimum absolute atomic E-state index is 0.0140. The second-order valence-corrected chi connectivity index (χ2v) is 12.6. The molecular formula is C33H41N3O6. The average molecular weight is 576 g/mol. The Kier molecular flexibility index (Phi) is 7.85. The van der Waals surface area contributed by atoms with Gasteiger partial charge in [0, 0.05) is 43.5 Å². The molecule has 4 saturated heterocycles. The van der Waals surface area contributed by atoms with Crippen LogP contribution in [0, 0.1) is 23.7 Å². The largest absolute Gasteiger partial charge is 0.350 e. The van der Waals surface area contributed by atoms with Crippen LogP contribution in [0.3, 0.4) is 0 Å². The quantitative estimate of drug-likeness (QED) is 0.468. The van der Waals surface area contributed by atoms with E-state index < -0.39 is 17.6 Å². The molecule has 3 unspecified atom stereocenters. The van der Waals surface area contributed by atoms with Gasteiger partial charge in [0.25, 0.3) is 0 Å². The van der Waals surface area contributed by atoms with Crippen molar-refractivity contribution >= 4 is 23.4 Å². The van der Waals surface area contributed by atoms with Crippen molar-refractivity contribution in [1.82, 2.24) is 10.2 Å². The Morgan fingerprint density at radius 2 is 1.69 bits per heavy atom. The predicted octanol–water partition coefficient (Wildman–Crippen LogP) is 4.42. The lowest BCUT2D eigenvalue weighted by molar-refractivity contribution is -0.547. The highest BCUT2D eigenvalue weighted by molar-refractivity contribution is 5.99. The second kappa shape index (κ2) is 11.4. The Morgan fingerprint density at radius 3 is 2.43 bits per heavy atom. The molecule has 0 radical (unpaired) electrons. The Balaban J connectivity index is 1.21. The fourth-order valence-electron chi connectivity index (χ4n) is 7.66. The molecule has 4 heterocycles. The van der Waals surface area contributed by atoms with Gasteiger partial charge in [0.15, 0.2) is 11.8 Å². The number of hydrogen-bond acceptors (Lipinski definition) is 6. The van der Waals surface area contributed by atoms with Crippen molar-refractivity contribution in [3.05, 3.63) is 66.2 Å². The van der Waals surface area contributed by atoms with E-state index in [9.17, 15) is 14.4 Å². The SMILES string of the molecule is C[C@H]1CCC2[C@@H](C)C(=O)N(CCC(=O)N(CC(=O)NCc3ccccc3)c3ccccc3)C3O[C@]4(C)CCC1[C@@]23OO4. The molecule has 1 spiro atoms. The van der Waals surface area contributed by atoms with Crippen molar-refractivity contribution in [1.29, 1.82) is 0 Å². The fourth-order valence-corrected chi connectivity index (χ4v) is 7.66. The van der Waals surface area contributed by atoms with Crippen molar-refractivity contribution in [3.63, 3.8) is 0 Å². The van der Waals surface area contributed by atoms with Gasteiger partial charge in [-0.2, -0.15) is 0 Å². The highest BCUT2D eigenvalue weighted by atomic mass is 17.3. The molecule has 5 aliphatic rings. The number of likely N-dealkylation sites (tertiary alicyclic amines) is 1. The molecule has 9 heteroatoms. The van der Waals surface area contributed by atoms with Crippen molar-refractivity contribution in [3.8, 4) is 0 Å². The van der Waals surface area contributed by atoms with Crippen LogP contribution in [0.1, 0.15) is 58.4 Å². The van der Waals surface area contributed by atoms with Crippen LogP contribution in [0.5, 0.6) is 0 Å². The smallest absolute Gasteiger partial charge is 0.240 e. The monoisotopic (exact) mass is 575 g/mol. The van der Waals surface area contributed by atoms with Gasteiger partial charge in [-0.1, -0.05) is 62.4 Å². The number of rotatable bonds is 8. The zero-order valence-corrected chi connectivity index (χ0v) is 24.7. The first-order chi connectivity index (χ1) is 20.2. The normalized spacial score (nSPS) is 33.5. The van der Waals surface area contributed by atoms with Crippen LogP contribution >= 0.6 is 0 Å². The highest BCUT2D eigenvalue weighted by Gasteiger charge is 2.70. The summed E-state index contributed by atoms with van der Waals surface area (Å²) in [5.41, 5.74) is 0.844. The van der Waals surface area contributed by atoms with E-state index in [4.69, 9.17) is 14.5 Å². The highest BCUT2D eigenvalue weighted by Crippen LogP contribution is 2.60. The standard InChI is InChI=1S/C33H41N3O6/c1-22-14-15-27-23(2)30(39)35(31-33(27)26(22)16-18-32(3,40-31)41-42-33)19-17-29(38)36(25-12-8-5-9-13-25)21-28(37)34-20-24-10-6-4-7-11-24/h4-13,22-23,26-27,31H,14-21H2,1-3H3,(H,34,37)/t22-,23+,26?,27?,31?,32-,33+/m0/s1. The number of nitrogens with one attached hydrogen (secondary N) is 1. The van der Waals surface area contributed by atoms with Gasteiger partial charge in [-0.25, -0.2) is 9.78 Å². The molecule has 3 amide bonds. The lowest BCUT2D eigenvalue weighted by Gasteiger charge is -2.61. The molecule has 1 N–H and O–H groups in total. The van der Waals surface area contributed by atoms with Crippen LogP contribution < -0.4 is 10.2 Å². The summed E-state index contributed by atoms with van der Waals surface area (Å²) in [5, 5.41) is 2.92. The number of carbonyl (C=O) groups excluding carboxylic acids is 3. The summed E-state index contributed by atoms with van der Waals surface area (Å²) in [7, 11) is 0. The number of fused-ring (bicyclic) bond motifs is 2. The average Bonchev–Trinajstić information content (AvgIpc) is 3.24. The van der Waals surface area contributed by atoms with Crippen molar-refractivity contribution in [2.45, 2.75) is 77.0 Å². The molecule has 5 fully saturated rings. The van der Waals surface area contributed by atoms with Crippen LogP contribution in [0.2, 0.25) is 0 Å². The second-order valence-electron chi connectivity index (χ2n) is 12.6. The summed E-state index contributed by atoms with van der Waals surface area (Å²) in [5.74, 6) is -1.18. The molecule has 7 atom stereocenters. The minimum atomic E-state index is -0.951. The fraction of sp³-hybridized carbons (Fsp3) is 0.545. The third kappa shape index (κ3) is 5.12. The molecule has 42 heavy (non-hydrogen) atoms. The maximum Gasteiger partial charge on any atom is 0.240 e. The first kappa shape index (κ1) is 28.8. The third-order valence-electron chi connectivity index (χ3n) is 9.93. The summed E-state index contributed by atoms with van der Waals surface area (Å²) < 4.78 is 6.59. The summed E-state index contributed by atoms with van der Waals surface area (Å²) in [6.07, 6.45) is 2.90. The first-order valence-corrected chi connectivity index (χ1v) is 15.2. The third-order valence-corrected chi connectivity index (χ3v) is 9.93. The maximum atomic E-state index is 13.9. The topological polar surface area (TPSA) is 97.4 Å². The number of hydrogen-bond donors (Lipinski definition) is 1. The zero-order chi connectivity index (χ0) is 29.5. The van der Waals surface area contributed by atoms with E-state index in [0.29, 0.717) is 24.6 Å². The van der Waals surface area contributed by atoms with Gasteiger partial charge in [-0.15, -0.1) is 0 Å². The zero-order valence-electron chi connectivity index (χ0n) is 24.7. The van der Waals surface area contributed by atoms with Crippen molar-refractivity contribution < 1.29 is 28.9 Å². The van der Waals surface area contributed by atoms with Crippen LogP contribution in [-0.4, -0.2) is 53.3 Å². The van der Waals surface area contributed by atoms with E-state index in [2.05, 4.69) is 12.2 Å². The number of para-hydroxylation sites is 1. The molecule has 224 valence electrons.